The molecular weight excluding hydrogens is 410 g/mol. The Morgan fingerprint density at radius 3 is 2.23 bits per heavy atom. The van der Waals surface area contributed by atoms with Gasteiger partial charge in [-0.15, -0.1) is 0 Å². The number of carbonyl (C=O) groups is 3. The van der Waals surface area contributed by atoms with Crippen molar-refractivity contribution in [3.63, 3.8) is 0 Å². The third kappa shape index (κ3) is 7.29. The molecule has 1 aliphatic heterocycles. The molecule has 0 aromatic rings. The second-order valence-electron chi connectivity index (χ2n) is 9.52. The van der Waals surface area contributed by atoms with E-state index in [0.29, 0.717) is 26.2 Å². The van der Waals surface area contributed by atoms with E-state index < -0.39 is 35.6 Å². The predicted octanol–water partition coefficient (Wildman–Crippen LogP) is 1.98. The molecule has 2 fully saturated rings. The Hall–Kier alpha value is -1.97. The molecule has 2 atom stereocenters. The van der Waals surface area contributed by atoms with Crippen LogP contribution in [0.25, 0.3) is 0 Å². The minimum absolute atomic E-state index is 0.159. The molecule has 1 heterocycles. The highest BCUT2D eigenvalue weighted by atomic mass is 19.3. The molecule has 1 saturated carbocycles. The smallest absolute Gasteiger partial charge is 0.410 e. The summed E-state index contributed by atoms with van der Waals surface area (Å²) in [4.78, 5) is 41.3. The van der Waals surface area contributed by atoms with Gasteiger partial charge in [-0.05, 0) is 46.5 Å². The lowest BCUT2D eigenvalue weighted by molar-refractivity contribution is -0.141. The first-order valence-electron chi connectivity index (χ1n) is 10.9. The molecule has 3 amide bonds. The molecule has 2 rings (SSSR count). The Balaban J connectivity index is 2.11. The minimum Gasteiger partial charge on any atom is -0.444 e. The summed E-state index contributed by atoms with van der Waals surface area (Å²) in [6.07, 6.45) is -0.936. The van der Waals surface area contributed by atoms with E-state index in [-0.39, 0.29) is 37.5 Å². The molecule has 0 aromatic carbocycles. The number of halogens is 2. The van der Waals surface area contributed by atoms with Crippen molar-refractivity contribution in [1.82, 2.24) is 20.4 Å². The van der Waals surface area contributed by atoms with Crippen molar-refractivity contribution < 1.29 is 27.9 Å². The van der Waals surface area contributed by atoms with Crippen molar-refractivity contribution in [2.75, 3.05) is 33.2 Å². The molecule has 2 N–H and O–H groups in total. The van der Waals surface area contributed by atoms with Crippen LogP contribution in [0.5, 0.6) is 0 Å². The average Bonchev–Trinajstić information content (AvgIpc) is 2.70. The maximum atomic E-state index is 13.7. The lowest BCUT2D eigenvalue weighted by atomic mass is 9.81. The first-order valence-corrected chi connectivity index (χ1v) is 10.9. The van der Waals surface area contributed by atoms with Crippen LogP contribution < -0.4 is 10.6 Å². The van der Waals surface area contributed by atoms with E-state index in [2.05, 4.69) is 10.6 Å². The number of alkyl halides is 2. The molecule has 0 radical (unpaired) electrons. The van der Waals surface area contributed by atoms with Gasteiger partial charge in [0.05, 0.1) is 0 Å². The van der Waals surface area contributed by atoms with E-state index in [1.807, 2.05) is 0 Å². The lowest BCUT2D eigenvalue weighted by Crippen LogP contribution is -2.59. The molecule has 0 aromatic heterocycles. The molecule has 8 nitrogen and oxygen atoms in total. The highest BCUT2D eigenvalue weighted by Gasteiger charge is 2.42. The van der Waals surface area contributed by atoms with Gasteiger partial charge in [0.25, 0.3) is 0 Å². The second kappa shape index (κ2) is 10.1. The Morgan fingerprint density at radius 2 is 1.71 bits per heavy atom. The summed E-state index contributed by atoms with van der Waals surface area (Å²) in [7, 11) is 1.45. The van der Waals surface area contributed by atoms with Gasteiger partial charge in [0.1, 0.15) is 17.7 Å². The van der Waals surface area contributed by atoms with Gasteiger partial charge in [-0.2, -0.15) is 0 Å². The van der Waals surface area contributed by atoms with Crippen molar-refractivity contribution in [2.45, 2.75) is 77.0 Å². The largest absolute Gasteiger partial charge is 0.444 e. The molecule has 31 heavy (non-hydrogen) atoms. The molecular formula is C21H36F2N4O4. The van der Waals surface area contributed by atoms with Crippen LogP contribution >= 0.6 is 0 Å². The van der Waals surface area contributed by atoms with Gasteiger partial charge in [-0.1, -0.05) is 0 Å². The molecule has 1 saturated heterocycles. The monoisotopic (exact) mass is 446 g/mol. The molecule has 2 aliphatic rings. The molecule has 0 unspecified atom stereocenters. The van der Waals surface area contributed by atoms with Gasteiger partial charge in [-0.25, -0.2) is 13.6 Å². The minimum atomic E-state index is -2.73. The van der Waals surface area contributed by atoms with Gasteiger partial charge >= 0.3 is 6.09 Å². The first-order chi connectivity index (χ1) is 14.3. The van der Waals surface area contributed by atoms with Gasteiger partial charge < -0.3 is 20.3 Å². The van der Waals surface area contributed by atoms with Gasteiger partial charge in [-0.3, -0.25) is 14.5 Å². The van der Waals surface area contributed by atoms with E-state index in [1.54, 1.807) is 32.6 Å². The van der Waals surface area contributed by atoms with Crippen LogP contribution in [0, 0.1) is 5.92 Å². The van der Waals surface area contributed by atoms with E-state index in [4.69, 9.17) is 4.74 Å². The second-order valence-corrected chi connectivity index (χ2v) is 9.52. The molecule has 10 heteroatoms. The fourth-order valence-electron chi connectivity index (χ4n) is 3.80. The van der Waals surface area contributed by atoms with E-state index in [0.717, 1.165) is 0 Å². The number of rotatable bonds is 5. The fraction of sp³-hybridized carbons (Fsp3) is 0.857. The zero-order chi connectivity index (χ0) is 23.4. The van der Waals surface area contributed by atoms with Crippen molar-refractivity contribution in [2.24, 2.45) is 5.92 Å². The summed E-state index contributed by atoms with van der Waals surface area (Å²) in [6.45, 7) is 9.02. The number of hydrogen-bond donors (Lipinski definition) is 2. The number of amides is 3. The highest BCUT2D eigenvalue weighted by Crippen LogP contribution is 2.37. The quantitative estimate of drug-likeness (QED) is 0.674. The maximum absolute atomic E-state index is 13.7. The van der Waals surface area contributed by atoms with Crippen molar-refractivity contribution in [3.8, 4) is 0 Å². The number of piperazine rings is 1. The number of ether oxygens (including phenoxy) is 1. The summed E-state index contributed by atoms with van der Waals surface area (Å²) >= 11 is 0. The summed E-state index contributed by atoms with van der Waals surface area (Å²) in [5, 5.41) is 5.93. The van der Waals surface area contributed by atoms with Crippen LogP contribution in [0.3, 0.4) is 0 Å². The first kappa shape index (κ1) is 25.3. The lowest BCUT2D eigenvalue weighted by Gasteiger charge is -2.38. The summed E-state index contributed by atoms with van der Waals surface area (Å²) < 4.78 is 32.6. The fourth-order valence-corrected chi connectivity index (χ4v) is 3.80. The van der Waals surface area contributed by atoms with Crippen molar-refractivity contribution >= 4 is 17.9 Å². The van der Waals surface area contributed by atoms with Gasteiger partial charge in [0, 0.05) is 46.1 Å². The zero-order valence-electron chi connectivity index (χ0n) is 19.2. The van der Waals surface area contributed by atoms with E-state index in [9.17, 15) is 23.2 Å². The van der Waals surface area contributed by atoms with Crippen LogP contribution in [-0.2, 0) is 14.3 Å². The molecule has 1 aliphatic carbocycles. The summed E-state index contributed by atoms with van der Waals surface area (Å²) in [6, 6.07) is -1.78. The van der Waals surface area contributed by atoms with Crippen LogP contribution in [0.15, 0.2) is 0 Å². The average molecular weight is 447 g/mol. The summed E-state index contributed by atoms with van der Waals surface area (Å²) in [5.41, 5.74) is -0.713. The Morgan fingerprint density at radius 1 is 1.16 bits per heavy atom. The van der Waals surface area contributed by atoms with Gasteiger partial charge in [0.15, 0.2) is 0 Å². The van der Waals surface area contributed by atoms with Crippen molar-refractivity contribution in [3.05, 3.63) is 0 Å². The van der Waals surface area contributed by atoms with Crippen LogP contribution in [-0.4, -0.2) is 84.5 Å². The van der Waals surface area contributed by atoms with Crippen molar-refractivity contribution in [1.29, 1.82) is 0 Å². The SMILES string of the molecule is C[C@@H](C(=O)N[C@H](C(=O)N1CCNCC1)C1CCC(F)(F)CC1)N(C)C(=O)OC(C)(C)C. The number of nitrogens with zero attached hydrogens (tertiary/aromatic N) is 2. The topological polar surface area (TPSA) is 91.0 Å². The maximum Gasteiger partial charge on any atom is 0.410 e. The van der Waals surface area contributed by atoms with E-state index in [1.165, 1.54) is 11.9 Å². The summed E-state index contributed by atoms with van der Waals surface area (Å²) in [5.74, 6) is -3.87. The zero-order valence-corrected chi connectivity index (χ0v) is 19.2. The molecule has 0 bridgehead atoms. The number of hydrogen-bond acceptors (Lipinski definition) is 5. The molecule has 0 spiro atoms. The Labute approximate surface area is 183 Å². The third-order valence-corrected chi connectivity index (χ3v) is 5.87. The number of nitrogens with one attached hydrogen (secondary N) is 2. The van der Waals surface area contributed by atoms with Gasteiger partial charge in [0.2, 0.25) is 17.7 Å². The van der Waals surface area contributed by atoms with Crippen LogP contribution in [0.4, 0.5) is 13.6 Å². The third-order valence-electron chi connectivity index (χ3n) is 5.87. The predicted molar refractivity (Wildman–Crippen MR) is 112 cm³/mol. The Bertz CT molecular complexity index is 652. The van der Waals surface area contributed by atoms with E-state index >= 15 is 0 Å². The van der Waals surface area contributed by atoms with Crippen LogP contribution in [0.2, 0.25) is 0 Å². The highest BCUT2D eigenvalue weighted by molar-refractivity contribution is 5.91. The normalized spacial score (nSPS) is 21.7. The Kier molecular flexibility index (Phi) is 8.24. The van der Waals surface area contributed by atoms with Crippen LogP contribution in [0.1, 0.15) is 53.4 Å². The number of likely N-dealkylation sites (N-methyl/N-ethyl adjacent to an activating group) is 1. The number of carbonyl (C=O) groups excluding carboxylic acids is 3. The standard InChI is InChI=1S/C21H36F2N4O4/c1-14(26(5)19(30)31-20(2,3)4)17(28)25-16(15-6-8-21(22,23)9-7-15)18(29)27-12-10-24-11-13-27/h14-16,24H,6-13H2,1-5H3,(H,25,28)/t14-,16-/m0/s1. The molecule has 178 valence electrons.